The molecule has 3 nitrogen and oxygen atoms in total. The second-order valence-electron chi connectivity index (χ2n) is 6.91. The van der Waals surface area contributed by atoms with Gasteiger partial charge in [0.2, 0.25) is 0 Å². The predicted octanol–water partition coefficient (Wildman–Crippen LogP) is 3.77. The molecule has 2 fully saturated rings. The largest absolute Gasteiger partial charge is 0.356 e. The Kier molecular flexibility index (Phi) is 4.79. The van der Waals surface area contributed by atoms with Crippen LogP contribution < -0.4 is 10.2 Å². The van der Waals surface area contributed by atoms with Gasteiger partial charge in [-0.05, 0) is 75.1 Å². The van der Waals surface area contributed by atoms with Gasteiger partial charge in [-0.15, -0.1) is 0 Å². The maximum atomic E-state index is 4.66. The van der Waals surface area contributed by atoms with Crippen LogP contribution in [-0.4, -0.2) is 24.6 Å². The van der Waals surface area contributed by atoms with E-state index in [1.165, 1.54) is 56.6 Å². The van der Waals surface area contributed by atoms with Crippen LogP contribution >= 0.6 is 0 Å². The smallest absolute Gasteiger partial charge is 0.128 e. The summed E-state index contributed by atoms with van der Waals surface area (Å²) in [5.41, 5.74) is 1.37. The normalized spacial score (nSPS) is 19.5. The van der Waals surface area contributed by atoms with Gasteiger partial charge in [0.1, 0.15) is 5.82 Å². The zero-order chi connectivity index (χ0) is 14.7. The lowest BCUT2D eigenvalue weighted by atomic mass is 10.1. The Hall–Kier alpha value is -1.09. The van der Waals surface area contributed by atoms with Gasteiger partial charge in [-0.25, -0.2) is 4.98 Å². The lowest BCUT2D eigenvalue weighted by molar-refractivity contribution is 0.569. The van der Waals surface area contributed by atoms with Crippen LogP contribution in [0, 0.1) is 11.8 Å². The Morgan fingerprint density at radius 1 is 1.24 bits per heavy atom. The minimum absolute atomic E-state index is 0.412. The van der Waals surface area contributed by atoms with Crippen LogP contribution in [0.1, 0.15) is 57.6 Å². The van der Waals surface area contributed by atoms with Crippen molar-refractivity contribution in [3.05, 3.63) is 23.9 Å². The van der Waals surface area contributed by atoms with Gasteiger partial charge in [0.15, 0.2) is 0 Å². The molecular weight excluding hydrogens is 258 g/mol. The average molecular weight is 287 g/mol. The van der Waals surface area contributed by atoms with Crippen molar-refractivity contribution in [2.24, 2.45) is 11.8 Å². The van der Waals surface area contributed by atoms with Crippen molar-refractivity contribution in [2.45, 2.75) is 52.0 Å². The van der Waals surface area contributed by atoms with Crippen molar-refractivity contribution < 1.29 is 0 Å². The molecule has 1 atom stereocenters. The number of hydrogen-bond acceptors (Lipinski definition) is 3. The van der Waals surface area contributed by atoms with Crippen molar-refractivity contribution in [1.82, 2.24) is 10.3 Å². The van der Waals surface area contributed by atoms with E-state index in [1.807, 2.05) is 6.20 Å². The molecule has 2 saturated carbocycles. The summed E-state index contributed by atoms with van der Waals surface area (Å²) < 4.78 is 0. The third-order valence-electron chi connectivity index (χ3n) is 4.65. The molecule has 1 unspecified atom stereocenters. The summed E-state index contributed by atoms with van der Waals surface area (Å²) in [6.07, 6.45) is 8.81. The molecule has 1 heterocycles. The van der Waals surface area contributed by atoms with Crippen LogP contribution in [0.3, 0.4) is 0 Å². The maximum Gasteiger partial charge on any atom is 0.128 e. The molecule has 1 aromatic heterocycles. The Morgan fingerprint density at radius 2 is 1.90 bits per heavy atom. The molecule has 21 heavy (non-hydrogen) atoms. The predicted molar refractivity (Wildman–Crippen MR) is 88.6 cm³/mol. The summed E-state index contributed by atoms with van der Waals surface area (Å²) >= 11 is 0. The maximum absolute atomic E-state index is 4.66. The number of anilines is 1. The molecule has 3 rings (SSSR count). The molecule has 0 saturated heterocycles. The van der Waals surface area contributed by atoms with E-state index in [4.69, 9.17) is 0 Å². The first kappa shape index (κ1) is 14.8. The highest BCUT2D eigenvalue weighted by Crippen LogP contribution is 2.35. The minimum atomic E-state index is 0.412. The summed E-state index contributed by atoms with van der Waals surface area (Å²) in [4.78, 5) is 7.21. The molecule has 1 aromatic rings. The quantitative estimate of drug-likeness (QED) is 0.749. The first-order valence-electron chi connectivity index (χ1n) is 8.70. The van der Waals surface area contributed by atoms with Gasteiger partial charge < -0.3 is 10.2 Å². The number of pyridine rings is 1. The summed E-state index contributed by atoms with van der Waals surface area (Å²) in [7, 11) is 0. The standard InChI is InChI=1S/C18H29N3/c1-3-9-19-14(2)17-8-10-20-18(11-17)21(12-15-4-5-15)13-16-6-7-16/h8,10-11,14-16,19H,3-7,9,12-13H2,1-2H3. The van der Waals surface area contributed by atoms with Crippen molar-refractivity contribution in [1.29, 1.82) is 0 Å². The van der Waals surface area contributed by atoms with Crippen molar-refractivity contribution >= 4 is 5.82 Å². The summed E-state index contributed by atoms with van der Waals surface area (Å²) in [5.74, 6) is 3.03. The van der Waals surface area contributed by atoms with Gasteiger partial charge in [0.05, 0.1) is 0 Å². The Morgan fingerprint density at radius 3 is 2.48 bits per heavy atom. The van der Waals surface area contributed by atoms with Gasteiger partial charge in [0.25, 0.3) is 0 Å². The minimum Gasteiger partial charge on any atom is -0.356 e. The molecule has 0 radical (unpaired) electrons. The monoisotopic (exact) mass is 287 g/mol. The van der Waals surface area contributed by atoms with Crippen LogP contribution in [0.4, 0.5) is 5.82 Å². The fraction of sp³-hybridized carbons (Fsp3) is 0.722. The van der Waals surface area contributed by atoms with Crippen LogP contribution in [0.5, 0.6) is 0 Å². The highest BCUT2D eigenvalue weighted by atomic mass is 15.2. The Balaban J connectivity index is 1.68. The fourth-order valence-electron chi connectivity index (χ4n) is 2.84. The van der Waals surface area contributed by atoms with Crippen molar-refractivity contribution in [3.63, 3.8) is 0 Å². The number of aromatic nitrogens is 1. The first-order valence-corrected chi connectivity index (χ1v) is 8.70. The second kappa shape index (κ2) is 6.78. The second-order valence-corrected chi connectivity index (χ2v) is 6.91. The number of nitrogens with zero attached hydrogens (tertiary/aromatic N) is 2. The molecule has 0 amide bonds. The molecule has 0 spiro atoms. The molecular formula is C18H29N3. The van der Waals surface area contributed by atoms with Gasteiger partial charge in [-0.3, -0.25) is 0 Å². The summed E-state index contributed by atoms with van der Waals surface area (Å²) in [5, 5.41) is 3.57. The van der Waals surface area contributed by atoms with E-state index in [0.717, 1.165) is 18.4 Å². The van der Waals surface area contributed by atoms with Crippen LogP contribution in [0.2, 0.25) is 0 Å². The van der Waals surface area contributed by atoms with E-state index in [9.17, 15) is 0 Å². The SMILES string of the molecule is CCCNC(C)c1ccnc(N(CC2CC2)CC2CC2)c1. The number of nitrogens with one attached hydrogen (secondary N) is 1. The van der Waals surface area contributed by atoms with E-state index in [-0.39, 0.29) is 0 Å². The molecule has 0 bridgehead atoms. The lowest BCUT2D eigenvalue weighted by Gasteiger charge is -2.25. The molecule has 0 aromatic carbocycles. The van der Waals surface area contributed by atoms with E-state index in [2.05, 4.69) is 41.2 Å². The van der Waals surface area contributed by atoms with Crippen LogP contribution in [-0.2, 0) is 0 Å². The third kappa shape index (κ3) is 4.44. The number of hydrogen-bond donors (Lipinski definition) is 1. The molecule has 116 valence electrons. The number of rotatable bonds is 9. The van der Waals surface area contributed by atoms with Gasteiger partial charge in [0, 0.05) is 25.3 Å². The van der Waals surface area contributed by atoms with E-state index in [0.29, 0.717) is 6.04 Å². The molecule has 0 aliphatic heterocycles. The van der Waals surface area contributed by atoms with Gasteiger partial charge in [-0.2, -0.15) is 0 Å². The summed E-state index contributed by atoms with van der Waals surface area (Å²) in [6, 6.07) is 4.87. The van der Waals surface area contributed by atoms with Crippen LogP contribution in [0.15, 0.2) is 18.3 Å². The van der Waals surface area contributed by atoms with E-state index in [1.54, 1.807) is 0 Å². The van der Waals surface area contributed by atoms with Gasteiger partial charge in [-0.1, -0.05) is 6.92 Å². The topological polar surface area (TPSA) is 28.2 Å². The zero-order valence-electron chi connectivity index (χ0n) is 13.5. The highest BCUT2D eigenvalue weighted by Gasteiger charge is 2.29. The van der Waals surface area contributed by atoms with E-state index < -0.39 is 0 Å². The first-order chi connectivity index (χ1) is 10.3. The highest BCUT2D eigenvalue weighted by molar-refractivity contribution is 5.42. The molecule has 1 N–H and O–H groups in total. The van der Waals surface area contributed by atoms with E-state index >= 15 is 0 Å². The molecule has 3 heteroatoms. The third-order valence-corrected chi connectivity index (χ3v) is 4.65. The Labute approximate surface area is 129 Å². The van der Waals surface area contributed by atoms with Crippen LogP contribution in [0.25, 0.3) is 0 Å². The molecule has 2 aliphatic carbocycles. The molecule has 2 aliphatic rings. The lowest BCUT2D eigenvalue weighted by Crippen LogP contribution is -2.29. The summed E-state index contributed by atoms with van der Waals surface area (Å²) in [6.45, 7) is 7.96. The fourth-order valence-corrected chi connectivity index (χ4v) is 2.84. The van der Waals surface area contributed by atoms with Crippen molar-refractivity contribution in [2.75, 3.05) is 24.5 Å². The average Bonchev–Trinajstić information content (AvgIpc) is 3.40. The van der Waals surface area contributed by atoms with Crippen molar-refractivity contribution in [3.8, 4) is 0 Å². The zero-order valence-corrected chi connectivity index (χ0v) is 13.5. The van der Waals surface area contributed by atoms with Gasteiger partial charge >= 0.3 is 0 Å². The Bertz CT molecular complexity index is 438.